The number of nitrogens with zero attached hydrogens (tertiary/aromatic N) is 2. The Balaban J connectivity index is 2.39. The van der Waals surface area contributed by atoms with E-state index in [9.17, 15) is 19.7 Å². The van der Waals surface area contributed by atoms with Gasteiger partial charge in [-0.2, -0.15) is 5.26 Å². The highest BCUT2D eigenvalue weighted by atomic mass is 19.1. The standard InChI is InChI=1S/C19H17FN2O2/c1-13(22(24)14(2)23)6-7-15-4-3-5-18(19(15)12-21)16-8-10-17(20)11-9-16/h3-11,13,24H,1-2H3/b7-6+/t13-/m0/s1. The Bertz CT molecular complexity index is 807. The van der Waals surface area contributed by atoms with Crippen LogP contribution in [0.25, 0.3) is 17.2 Å². The van der Waals surface area contributed by atoms with Gasteiger partial charge in [-0.1, -0.05) is 42.5 Å². The van der Waals surface area contributed by atoms with Gasteiger partial charge in [0, 0.05) is 12.5 Å². The average Bonchev–Trinajstić information content (AvgIpc) is 2.59. The van der Waals surface area contributed by atoms with Crippen molar-refractivity contribution in [1.29, 1.82) is 5.26 Å². The first-order valence-corrected chi connectivity index (χ1v) is 7.40. The largest absolute Gasteiger partial charge is 0.285 e. The summed E-state index contributed by atoms with van der Waals surface area (Å²) in [4.78, 5) is 11.1. The van der Waals surface area contributed by atoms with Crippen molar-refractivity contribution < 1.29 is 14.4 Å². The monoisotopic (exact) mass is 324 g/mol. The van der Waals surface area contributed by atoms with E-state index in [1.807, 2.05) is 0 Å². The van der Waals surface area contributed by atoms with Gasteiger partial charge < -0.3 is 0 Å². The summed E-state index contributed by atoms with van der Waals surface area (Å²) in [5.74, 6) is -0.804. The number of nitriles is 1. The molecular weight excluding hydrogens is 307 g/mol. The summed E-state index contributed by atoms with van der Waals surface area (Å²) in [6.07, 6.45) is 3.31. The predicted molar refractivity (Wildman–Crippen MR) is 89.4 cm³/mol. The molecule has 0 aliphatic carbocycles. The van der Waals surface area contributed by atoms with Gasteiger partial charge in [0.25, 0.3) is 0 Å². The summed E-state index contributed by atoms with van der Waals surface area (Å²) in [6.45, 7) is 2.92. The van der Waals surface area contributed by atoms with Crippen LogP contribution in [0.1, 0.15) is 25.0 Å². The summed E-state index contributed by atoms with van der Waals surface area (Å²) in [5, 5.41) is 19.7. The van der Waals surface area contributed by atoms with Crippen LogP contribution in [0.15, 0.2) is 48.5 Å². The molecule has 2 rings (SSSR count). The van der Waals surface area contributed by atoms with Gasteiger partial charge >= 0.3 is 0 Å². The Hall–Kier alpha value is -2.97. The van der Waals surface area contributed by atoms with Crippen molar-refractivity contribution in [3.8, 4) is 17.2 Å². The maximum atomic E-state index is 13.1. The van der Waals surface area contributed by atoms with Gasteiger partial charge in [-0.25, -0.2) is 9.45 Å². The van der Waals surface area contributed by atoms with E-state index >= 15 is 0 Å². The van der Waals surface area contributed by atoms with E-state index in [4.69, 9.17) is 0 Å². The molecule has 5 heteroatoms. The zero-order valence-electron chi connectivity index (χ0n) is 13.4. The van der Waals surface area contributed by atoms with Crippen molar-refractivity contribution in [2.75, 3.05) is 0 Å². The number of halogens is 1. The molecule has 0 aromatic heterocycles. The van der Waals surface area contributed by atoms with Crippen molar-refractivity contribution in [3.63, 3.8) is 0 Å². The summed E-state index contributed by atoms with van der Waals surface area (Å²) in [6, 6.07) is 12.9. The molecule has 122 valence electrons. The lowest BCUT2D eigenvalue weighted by Gasteiger charge is -2.17. The van der Waals surface area contributed by atoms with E-state index in [1.54, 1.807) is 49.4 Å². The van der Waals surface area contributed by atoms with Gasteiger partial charge in [-0.3, -0.25) is 10.0 Å². The third-order valence-corrected chi connectivity index (χ3v) is 3.63. The first-order chi connectivity index (χ1) is 11.4. The Morgan fingerprint density at radius 3 is 2.54 bits per heavy atom. The van der Waals surface area contributed by atoms with Gasteiger partial charge in [0.15, 0.2) is 0 Å². The number of carbonyl (C=O) groups is 1. The van der Waals surface area contributed by atoms with E-state index in [1.165, 1.54) is 19.1 Å². The minimum Gasteiger partial charge on any atom is -0.285 e. The molecule has 24 heavy (non-hydrogen) atoms. The molecule has 0 unspecified atom stereocenters. The maximum absolute atomic E-state index is 13.1. The first kappa shape index (κ1) is 17.4. The topological polar surface area (TPSA) is 64.3 Å². The molecule has 0 aliphatic rings. The molecule has 0 saturated heterocycles. The Morgan fingerprint density at radius 1 is 1.29 bits per heavy atom. The zero-order chi connectivity index (χ0) is 17.7. The smallest absolute Gasteiger partial charge is 0.243 e. The Labute approximate surface area is 140 Å². The lowest BCUT2D eigenvalue weighted by molar-refractivity contribution is -0.167. The van der Waals surface area contributed by atoms with Gasteiger partial charge in [0.2, 0.25) is 5.91 Å². The van der Waals surface area contributed by atoms with Gasteiger partial charge in [-0.15, -0.1) is 0 Å². The van der Waals surface area contributed by atoms with Crippen LogP contribution >= 0.6 is 0 Å². The molecule has 0 heterocycles. The lowest BCUT2D eigenvalue weighted by Crippen LogP contribution is -2.32. The second-order valence-corrected chi connectivity index (χ2v) is 5.35. The zero-order valence-corrected chi connectivity index (χ0v) is 13.4. The number of carbonyl (C=O) groups excluding carboxylic acids is 1. The molecule has 1 N–H and O–H groups in total. The molecule has 4 nitrogen and oxygen atoms in total. The fourth-order valence-electron chi connectivity index (χ4n) is 2.32. The van der Waals surface area contributed by atoms with Crippen molar-refractivity contribution in [3.05, 3.63) is 65.5 Å². The fourth-order valence-corrected chi connectivity index (χ4v) is 2.32. The summed E-state index contributed by atoms with van der Waals surface area (Å²) < 4.78 is 13.1. The van der Waals surface area contributed by atoms with E-state index in [-0.39, 0.29) is 5.82 Å². The summed E-state index contributed by atoms with van der Waals surface area (Å²) in [5.41, 5.74) is 2.53. The molecule has 0 spiro atoms. The molecule has 1 atom stereocenters. The van der Waals surface area contributed by atoms with E-state index < -0.39 is 11.9 Å². The van der Waals surface area contributed by atoms with Crippen molar-refractivity contribution in [2.45, 2.75) is 19.9 Å². The highest BCUT2D eigenvalue weighted by Gasteiger charge is 2.12. The van der Waals surface area contributed by atoms with Crippen LogP contribution in [0.2, 0.25) is 0 Å². The molecule has 0 radical (unpaired) electrons. The average molecular weight is 324 g/mol. The van der Waals surface area contributed by atoms with Crippen LogP contribution in [0.3, 0.4) is 0 Å². The van der Waals surface area contributed by atoms with Gasteiger partial charge in [0.1, 0.15) is 11.9 Å². The molecule has 0 aliphatic heterocycles. The fraction of sp³-hybridized carbons (Fsp3) is 0.158. The molecule has 0 bridgehead atoms. The van der Waals surface area contributed by atoms with Crippen molar-refractivity contribution in [1.82, 2.24) is 5.06 Å². The van der Waals surface area contributed by atoms with Crippen LogP contribution in [0, 0.1) is 17.1 Å². The van der Waals surface area contributed by atoms with Crippen LogP contribution in [-0.2, 0) is 4.79 Å². The molecular formula is C19H17FN2O2. The van der Waals surface area contributed by atoms with Gasteiger partial charge in [-0.05, 0) is 30.2 Å². The van der Waals surface area contributed by atoms with E-state index in [2.05, 4.69) is 6.07 Å². The van der Waals surface area contributed by atoms with Gasteiger partial charge in [0.05, 0.1) is 11.6 Å². The number of hydrogen-bond donors (Lipinski definition) is 1. The third kappa shape index (κ3) is 3.86. The molecule has 1 amide bonds. The quantitative estimate of drug-likeness (QED) is 0.683. The highest BCUT2D eigenvalue weighted by molar-refractivity contribution is 5.76. The predicted octanol–water partition coefficient (Wildman–Crippen LogP) is 4.00. The Kier molecular flexibility index (Phi) is 5.46. The molecule has 2 aromatic carbocycles. The Morgan fingerprint density at radius 2 is 1.96 bits per heavy atom. The van der Waals surface area contributed by atoms with Crippen LogP contribution in [0.5, 0.6) is 0 Å². The number of hydroxylamine groups is 2. The normalized spacial score (nSPS) is 12.0. The summed E-state index contributed by atoms with van der Waals surface area (Å²) in [7, 11) is 0. The highest BCUT2D eigenvalue weighted by Crippen LogP contribution is 2.27. The van der Waals surface area contributed by atoms with Crippen molar-refractivity contribution in [2.24, 2.45) is 0 Å². The second-order valence-electron chi connectivity index (χ2n) is 5.35. The minimum absolute atomic E-state index is 0.339. The number of benzene rings is 2. The SMILES string of the molecule is CC(=O)N(O)[C@@H](C)/C=C/c1cccc(-c2ccc(F)cc2)c1C#N. The van der Waals surface area contributed by atoms with E-state index in [0.29, 0.717) is 21.8 Å². The van der Waals surface area contributed by atoms with Crippen molar-refractivity contribution >= 4 is 12.0 Å². The number of amides is 1. The maximum Gasteiger partial charge on any atom is 0.243 e. The van der Waals surface area contributed by atoms with Crippen LogP contribution < -0.4 is 0 Å². The van der Waals surface area contributed by atoms with Crippen LogP contribution in [0.4, 0.5) is 4.39 Å². The number of hydrogen-bond acceptors (Lipinski definition) is 3. The lowest BCUT2D eigenvalue weighted by atomic mass is 9.95. The number of rotatable bonds is 4. The molecule has 2 aromatic rings. The minimum atomic E-state index is -0.525. The van der Waals surface area contributed by atoms with E-state index in [0.717, 1.165) is 5.56 Å². The first-order valence-electron chi connectivity index (χ1n) is 7.40. The summed E-state index contributed by atoms with van der Waals surface area (Å²) >= 11 is 0. The molecule has 0 fully saturated rings. The molecule has 0 saturated carbocycles. The van der Waals surface area contributed by atoms with Crippen LogP contribution in [-0.4, -0.2) is 22.2 Å². The second kappa shape index (κ2) is 7.53. The third-order valence-electron chi connectivity index (χ3n) is 3.63.